The van der Waals surface area contributed by atoms with Gasteiger partial charge in [-0.15, -0.1) is 0 Å². The average Bonchev–Trinajstić information content (AvgIpc) is 3.56. The molecular weight excluding hydrogens is 628 g/mol. The second-order valence-corrected chi connectivity index (χ2v) is 12.3. The van der Waals surface area contributed by atoms with Gasteiger partial charge in [-0.25, -0.2) is 9.78 Å². The monoisotopic (exact) mass is 649 g/mol. The number of aliphatic hydroxyl groups is 2. The Hall–Kier alpha value is -3.11. The van der Waals surface area contributed by atoms with Crippen molar-refractivity contribution in [1.29, 1.82) is 0 Å². The number of nitrogens with two attached hydrogens (primary N) is 1. The summed E-state index contributed by atoms with van der Waals surface area (Å²) < 4.78 is 58.4. The van der Waals surface area contributed by atoms with E-state index in [1.54, 1.807) is 0 Å². The van der Waals surface area contributed by atoms with Crippen molar-refractivity contribution < 1.29 is 56.7 Å². The number of aromatic nitrogens is 6. The van der Waals surface area contributed by atoms with E-state index in [1.165, 1.54) is 0 Å². The number of rotatable bonds is 2. The minimum atomic E-state index is -5.37. The molecule has 6 N–H and O–H groups in total. The summed E-state index contributed by atoms with van der Waals surface area (Å²) in [7, 11) is -10.7. The third-order valence-electron chi connectivity index (χ3n) is 6.76. The van der Waals surface area contributed by atoms with Crippen LogP contribution in [0, 0.1) is 0 Å². The van der Waals surface area contributed by atoms with E-state index in [0.29, 0.717) is 0 Å². The molecule has 43 heavy (non-hydrogen) atoms. The first-order valence-corrected chi connectivity index (χ1v) is 15.1. The molecule has 0 saturated carbocycles. The zero-order valence-electron chi connectivity index (χ0n) is 21.2. The molecule has 0 radical (unpaired) electrons. The third kappa shape index (κ3) is 5.64. The van der Waals surface area contributed by atoms with Gasteiger partial charge in [0, 0.05) is 12.3 Å². The van der Waals surface area contributed by atoms with Crippen molar-refractivity contribution in [2.75, 3.05) is 18.9 Å². The number of nitrogens with one attached hydrogen (secondary N) is 2. The SMILES string of the molecule is Nc1nc2c(ncn2[C@@H]2O[C@@H]3COP(=O)([O-])O[C@H]4[C@@H](O)[C@H](n5ccc(=O)[nH]c5=O)O[C@@H]4COP(=O)([O-])O[C@H]3[C@H]2O)c(=O)[nH]1. The van der Waals surface area contributed by atoms with Crippen molar-refractivity contribution in [1.82, 2.24) is 29.1 Å². The molecule has 0 spiro atoms. The molecule has 0 amide bonds. The lowest BCUT2D eigenvalue weighted by Crippen LogP contribution is -2.41. The molecule has 0 aliphatic carbocycles. The molecule has 0 aromatic carbocycles. The topological polar surface area (TPSA) is 321 Å². The predicted molar refractivity (Wildman–Crippen MR) is 131 cm³/mol. The summed E-state index contributed by atoms with van der Waals surface area (Å²) in [5.74, 6) is -0.303. The number of phosphoric acid groups is 2. The number of ether oxygens (including phenoxy) is 2. The molecule has 24 heteroatoms. The van der Waals surface area contributed by atoms with Crippen LogP contribution in [0.5, 0.6) is 0 Å². The number of H-pyrrole nitrogens is 2. The number of aliphatic hydroxyl groups excluding tert-OH is 2. The average molecular weight is 649 g/mol. The zero-order valence-corrected chi connectivity index (χ0v) is 23.0. The van der Waals surface area contributed by atoms with Crippen LogP contribution in [0.3, 0.4) is 0 Å². The highest BCUT2D eigenvalue weighted by Crippen LogP contribution is 2.50. The van der Waals surface area contributed by atoms with Crippen LogP contribution in [0.2, 0.25) is 0 Å². The van der Waals surface area contributed by atoms with E-state index in [9.17, 15) is 43.5 Å². The normalized spacial score (nSPS) is 38.7. The summed E-state index contributed by atoms with van der Waals surface area (Å²) in [6.07, 6.45) is -11.9. The Balaban J connectivity index is 1.29. The number of imidazole rings is 1. The van der Waals surface area contributed by atoms with Crippen molar-refractivity contribution in [3.63, 3.8) is 0 Å². The highest BCUT2D eigenvalue weighted by atomic mass is 31.2. The molecule has 22 nitrogen and oxygen atoms in total. The number of hydrogen-bond acceptors (Lipinski definition) is 18. The van der Waals surface area contributed by atoms with Gasteiger partial charge in [-0.1, -0.05) is 0 Å². The number of nitrogens with zero attached hydrogens (tertiary/aromatic N) is 4. The highest BCUT2D eigenvalue weighted by Gasteiger charge is 2.51. The Morgan fingerprint density at radius 2 is 1.49 bits per heavy atom. The van der Waals surface area contributed by atoms with E-state index in [-0.39, 0.29) is 17.1 Å². The van der Waals surface area contributed by atoms with Gasteiger partial charge in [0.05, 0.1) is 19.5 Å². The summed E-state index contributed by atoms with van der Waals surface area (Å²) in [5.41, 5.74) is 2.72. The quantitative estimate of drug-likeness (QED) is 0.163. The molecule has 234 valence electrons. The molecule has 2 unspecified atom stereocenters. The first-order chi connectivity index (χ1) is 20.2. The number of aromatic amines is 2. The molecular formula is C19H21N7O15P2-2. The van der Waals surface area contributed by atoms with E-state index in [0.717, 1.165) is 27.7 Å². The standard InChI is InChI=1S/C19H23N7O15P2/c20-18-23-14-9(15(30)24-18)21-5-26(14)17-11(29)13-7(39-17)4-37-42(32,33)40-12-6(3-36-43(34,35)41-13)38-16(10(12)28)25-2-1-8(27)22-19(25)31/h1-2,5-7,10-13,16-17,28-29H,3-4H2,(H,32,33)(H,34,35)(H,22,27,31)(H3,20,23,24,30)/p-2/t6-,7-,10-,11-,12-,13-,16-,17-/m1/s1. The van der Waals surface area contributed by atoms with Gasteiger partial charge in [0.1, 0.15) is 36.6 Å². The van der Waals surface area contributed by atoms with Crippen LogP contribution in [0.25, 0.3) is 11.2 Å². The van der Waals surface area contributed by atoms with Gasteiger partial charge >= 0.3 is 5.69 Å². The Morgan fingerprint density at radius 3 is 2.05 bits per heavy atom. The Kier molecular flexibility index (Phi) is 7.52. The molecule has 3 aromatic heterocycles. The number of phosphoric ester groups is 2. The van der Waals surface area contributed by atoms with Crippen LogP contribution in [0.15, 0.2) is 33.0 Å². The maximum Gasteiger partial charge on any atom is 0.330 e. The fourth-order valence-corrected chi connectivity index (χ4v) is 6.77. The first-order valence-electron chi connectivity index (χ1n) is 12.2. The fourth-order valence-electron chi connectivity index (χ4n) is 4.87. The summed E-state index contributed by atoms with van der Waals surface area (Å²) >= 11 is 0. The van der Waals surface area contributed by atoms with Crippen molar-refractivity contribution >= 4 is 32.8 Å². The minimum Gasteiger partial charge on any atom is -0.756 e. The molecule has 6 heterocycles. The summed E-state index contributed by atoms with van der Waals surface area (Å²) in [6, 6.07) is 0.925. The van der Waals surface area contributed by atoms with Crippen LogP contribution < -0.4 is 32.3 Å². The highest BCUT2D eigenvalue weighted by molar-refractivity contribution is 7.46. The number of hydrogen-bond donors (Lipinski definition) is 5. The Labute approximate surface area is 236 Å². The van der Waals surface area contributed by atoms with Gasteiger partial charge in [0.2, 0.25) is 5.95 Å². The van der Waals surface area contributed by atoms with Gasteiger partial charge < -0.3 is 53.3 Å². The van der Waals surface area contributed by atoms with E-state index >= 15 is 0 Å². The molecule has 3 aliphatic rings. The maximum absolute atomic E-state index is 12.8. The predicted octanol–water partition coefficient (Wildman–Crippen LogP) is -4.48. The second kappa shape index (κ2) is 10.8. The number of fused-ring (bicyclic) bond motifs is 3. The molecule has 6 rings (SSSR count). The molecule has 3 fully saturated rings. The third-order valence-corrected chi connectivity index (χ3v) is 8.70. The summed E-state index contributed by atoms with van der Waals surface area (Å²) in [5, 5.41) is 21.8. The lowest BCUT2D eigenvalue weighted by molar-refractivity contribution is -0.244. The van der Waals surface area contributed by atoms with Gasteiger partial charge in [0.25, 0.3) is 26.8 Å². The second-order valence-electron chi connectivity index (χ2n) is 9.53. The molecule has 3 aromatic rings. The minimum absolute atomic E-state index is 0.155. The zero-order chi connectivity index (χ0) is 30.8. The van der Waals surface area contributed by atoms with Crippen LogP contribution in [-0.4, -0.2) is 89.1 Å². The van der Waals surface area contributed by atoms with E-state index in [2.05, 4.69) is 15.0 Å². The molecule has 0 bridgehead atoms. The van der Waals surface area contributed by atoms with Gasteiger partial charge in [-0.2, -0.15) is 4.98 Å². The van der Waals surface area contributed by atoms with Crippen molar-refractivity contribution in [3.8, 4) is 0 Å². The van der Waals surface area contributed by atoms with Gasteiger partial charge in [0.15, 0.2) is 23.6 Å². The van der Waals surface area contributed by atoms with Crippen molar-refractivity contribution in [2.24, 2.45) is 0 Å². The van der Waals surface area contributed by atoms with Crippen LogP contribution in [0.4, 0.5) is 5.95 Å². The lowest BCUT2D eigenvalue weighted by Gasteiger charge is -2.34. The van der Waals surface area contributed by atoms with Crippen LogP contribution >= 0.6 is 15.6 Å². The largest absolute Gasteiger partial charge is 0.756 e. The Bertz CT molecular complexity index is 1820. The van der Waals surface area contributed by atoms with Gasteiger partial charge in [-0.3, -0.25) is 37.8 Å². The number of nitrogen functional groups attached to an aromatic ring is 1. The van der Waals surface area contributed by atoms with Crippen molar-refractivity contribution in [2.45, 2.75) is 49.1 Å². The van der Waals surface area contributed by atoms with Crippen molar-refractivity contribution in [3.05, 3.63) is 49.8 Å². The molecule has 10 atom stereocenters. The van der Waals surface area contributed by atoms with Crippen LogP contribution in [-0.2, 0) is 36.7 Å². The first kappa shape index (κ1) is 29.9. The molecule has 3 saturated heterocycles. The van der Waals surface area contributed by atoms with Gasteiger partial charge in [-0.05, 0) is 0 Å². The van der Waals surface area contributed by atoms with E-state index < -0.39 is 94.7 Å². The summed E-state index contributed by atoms with van der Waals surface area (Å²) in [4.78, 5) is 73.4. The maximum atomic E-state index is 12.8. The smallest absolute Gasteiger partial charge is 0.330 e. The fraction of sp³-hybridized carbons (Fsp3) is 0.526. The lowest BCUT2D eigenvalue weighted by atomic mass is 10.1. The van der Waals surface area contributed by atoms with E-state index in [4.69, 9.17) is 33.3 Å². The number of anilines is 1. The molecule has 3 aliphatic heterocycles. The summed E-state index contributed by atoms with van der Waals surface area (Å²) in [6.45, 7) is -1.97. The van der Waals surface area contributed by atoms with Crippen LogP contribution in [0.1, 0.15) is 12.5 Å². The van der Waals surface area contributed by atoms with E-state index in [1.807, 2.05) is 4.98 Å². The Morgan fingerprint density at radius 1 is 0.930 bits per heavy atom.